The van der Waals surface area contributed by atoms with E-state index < -0.39 is 5.91 Å². The van der Waals surface area contributed by atoms with Gasteiger partial charge in [0, 0.05) is 56.1 Å². The largest absolute Gasteiger partial charge is 0.443 e. The molecule has 0 spiro atoms. The molecule has 1 saturated heterocycles. The first-order valence-corrected chi connectivity index (χ1v) is 10.4. The first-order valence-electron chi connectivity index (χ1n) is 10.4. The number of nitrogens with zero attached hydrogens (tertiary/aromatic N) is 6. The number of carbonyl (C=O) groups is 2. The highest BCUT2D eigenvalue weighted by Gasteiger charge is 2.28. The molecule has 0 bridgehead atoms. The molecule has 0 saturated carbocycles. The van der Waals surface area contributed by atoms with E-state index >= 15 is 0 Å². The normalized spacial score (nSPS) is 16.0. The Labute approximate surface area is 188 Å². The Kier molecular flexibility index (Phi) is 5.00. The van der Waals surface area contributed by atoms with Crippen LogP contribution in [0.4, 0.5) is 5.82 Å². The van der Waals surface area contributed by atoms with Crippen LogP contribution in [0, 0.1) is 12.8 Å². The van der Waals surface area contributed by atoms with Gasteiger partial charge in [-0.3, -0.25) is 9.59 Å². The maximum absolute atomic E-state index is 12.9. The summed E-state index contributed by atoms with van der Waals surface area (Å²) in [5, 5.41) is 2.84. The van der Waals surface area contributed by atoms with Gasteiger partial charge in [-0.25, -0.2) is 19.9 Å². The van der Waals surface area contributed by atoms with Crippen LogP contribution in [0.15, 0.2) is 41.4 Å². The van der Waals surface area contributed by atoms with Gasteiger partial charge in [0.2, 0.25) is 11.8 Å². The fourth-order valence-corrected chi connectivity index (χ4v) is 3.96. The van der Waals surface area contributed by atoms with Gasteiger partial charge < -0.3 is 24.8 Å². The summed E-state index contributed by atoms with van der Waals surface area (Å²) in [6.45, 7) is 2.88. The summed E-state index contributed by atoms with van der Waals surface area (Å²) in [6.07, 6.45) is 6.97. The molecule has 2 amide bonds. The van der Waals surface area contributed by atoms with Crippen molar-refractivity contribution in [1.82, 2.24) is 34.6 Å². The van der Waals surface area contributed by atoms with Crippen molar-refractivity contribution in [3.63, 3.8) is 0 Å². The highest BCUT2D eigenvalue weighted by molar-refractivity contribution is 5.97. The van der Waals surface area contributed by atoms with Crippen LogP contribution in [-0.2, 0) is 4.79 Å². The predicted molar refractivity (Wildman–Crippen MR) is 119 cm³/mol. The number of hydrogen-bond acceptors (Lipinski definition) is 8. The lowest BCUT2D eigenvalue weighted by atomic mass is 10.1. The molecule has 5 rings (SSSR count). The van der Waals surface area contributed by atoms with E-state index in [0.717, 1.165) is 11.3 Å². The summed E-state index contributed by atoms with van der Waals surface area (Å²) in [5.74, 6) is -0.146. The maximum atomic E-state index is 12.9. The number of fused-ring (bicyclic) bond motifs is 1. The molecule has 1 unspecified atom stereocenters. The van der Waals surface area contributed by atoms with E-state index in [-0.39, 0.29) is 29.2 Å². The molecule has 3 N–H and O–H groups in total. The van der Waals surface area contributed by atoms with E-state index in [1.165, 1.54) is 12.5 Å². The van der Waals surface area contributed by atoms with Gasteiger partial charge in [0.15, 0.2) is 17.2 Å². The van der Waals surface area contributed by atoms with Crippen LogP contribution in [0.3, 0.4) is 0 Å². The molecular weight excluding hydrogens is 424 g/mol. The number of aryl methyl sites for hydroxylation is 1. The lowest BCUT2D eigenvalue weighted by molar-refractivity contribution is -0.126. The molecular formula is C22H22N8O3. The van der Waals surface area contributed by atoms with Crippen LogP contribution in [0.1, 0.15) is 22.6 Å². The number of pyridine rings is 1. The van der Waals surface area contributed by atoms with Gasteiger partial charge in [0.1, 0.15) is 17.6 Å². The molecule has 168 valence electrons. The molecule has 1 aliphatic heterocycles. The third kappa shape index (κ3) is 3.77. The number of nitrogens with two attached hydrogens (primary N) is 1. The van der Waals surface area contributed by atoms with E-state index in [1.54, 1.807) is 18.1 Å². The monoisotopic (exact) mass is 446 g/mol. The van der Waals surface area contributed by atoms with Crippen molar-refractivity contribution < 1.29 is 14.0 Å². The summed E-state index contributed by atoms with van der Waals surface area (Å²) in [7, 11) is 1.75. The van der Waals surface area contributed by atoms with E-state index in [1.807, 2.05) is 29.7 Å². The Morgan fingerprint density at radius 1 is 1.27 bits per heavy atom. The third-order valence-corrected chi connectivity index (χ3v) is 5.71. The van der Waals surface area contributed by atoms with E-state index in [4.69, 9.17) is 10.2 Å². The molecule has 5 heterocycles. The minimum Gasteiger partial charge on any atom is -0.443 e. The maximum Gasteiger partial charge on any atom is 0.273 e. The zero-order valence-electron chi connectivity index (χ0n) is 18.1. The molecule has 4 aromatic heterocycles. The van der Waals surface area contributed by atoms with Crippen molar-refractivity contribution >= 4 is 23.3 Å². The van der Waals surface area contributed by atoms with Crippen molar-refractivity contribution in [2.45, 2.75) is 13.3 Å². The number of carbonyl (C=O) groups excluding carboxylic acids is 2. The number of hydrogen-bond donors (Lipinski definition) is 2. The smallest absolute Gasteiger partial charge is 0.273 e. The average molecular weight is 446 g/mol. The molecule has 0 radical (unpaired) electrons. The van der Waals surface area contributed by atoms with Gasteiger partial charge in [0.25, 0.3) is 5.91 Å². The van der Waals surface area contributed by atoms with Crippen molar-refractivity contribution in [2.24, 2.45) is 5.92 Å². The first-order chi connectivity index (χ1) is 15.9. The second-order valence-electron chi connectivity index (χ2n) is 8.09. The average Bonchev–Trinajstić information content (AvgIpc) is 3.53. The van der Waals surface area contributed by atoms with Crippen molar-refractivity contribution in [2.75, 3.05) is 25.9 Å². The SMILES string of the molecule is Cc1cnc2ccc(-c3nc(C(=O)NCC4CC(=O)N(C)C4)c(N)nc3-c3ncco3)cn12. The van der Waals surface area contributed by atoms with Gasteiger partial charge in [-0.2, -0.15) is 0 Å². The summed E-state index contributed by atoms with van der Waals surface area (Å²) in [4.78, 5) is 43.9. The predicted octanol–water partition coefficient (Wildman–Crippen LogP) is 1.55. The van der Waals surface area contributed by atoms with Gasteiger partial charge in [0.05, 0.1) is 6.20 Å². The zero-order chi connectivity index (χ0) is 23.1. The third-order valence-electron chi connectivity index (χ3n) is 5.71. The Balaban J connectivity index is 1.52. The number of oxazole rings is 1. The van der Waals surface area contributed by atoms with Crippen LogP contribution < -0.4 is 11.1 Å². The quantitative estimate of drug-likeness (QED) is 0.470. The Bertz CT molecular complexity index is 1360. The van der Waals surface area contributed by atoms with Crippen LogP contribution in [0.5, 0.6) is 0 Å². The molecule has 11 heteroatoms. The summed E-state index contributed by atoms with van der Waals surface area (Å²) in [5.41, 5.74) is 9.28. The number of nitrogens with one attached hydrogen (secondary N) is 1. The summed E-state index contributed by atoms with van der Waals surface area (Å²) >= 11 is 0. The van der Waals surface area contributed by atoms with Crippen LogP contribution in [-0.4, -0.2) is 61.2 Å². The first kappa shape index (κ1) is 20.6. The number of anilines is 1. The topological polar surface area (TPSA) is 145 Å². The number of likely N-dealkylation sites (tertiary alicyclic amines) is 1. The molecule has 1 aliphatic rings. The van der Waals surface area contributed by atoms with Crippen LogP contribution in [0.2, 0.25) is 0 Å². The van der Waals surface area contributed by atoms with Crippen LogP contribution >= 0.6 is 0 Å². The minimum atomic E-state index is -0.456. The highest BCUT2D eigenvalue weighted by Crippen LogP contribution is 2.30. The zero-order valence-corrected chi connectivity index (χ0v) is 18.1. The lowest BCUT2D eigenvalue weighted by Crippen LogP contribution is -2.32. The molecule has 4 aromatic rings. The summed E-state index contributed by atoms with van der Waals surface area (Å²) < 4.78 is 7.36. The van der Waals surface area contributed by atoms with E-state index in [0.29, 0.717) is 36.5 Å². The van der Waals surface area contributed by atoms with Crippen molar-refractivity contribution in [3.05, 3.63) is 48.4 Å². The number of imidazole rings is 1. The molecule has 11 nitrogen and oxygen atoms in total. The minimum absolute atomic E-state index is 0.000402. The Morgan fingerprint density at radius 3 is 2.85 bits per heavy atom. The molecule has 1 atom stereocenters. The van der Waals surface area contributed by atoms with Gasteiger partial charge in [-0.1, -0.05) is 0 Å². The van der Waals surface area contributed by atoms with Crippen LogP contribution in [0.25, 0.3) is 28.5 Å². The van der Waals surface area contributed by atoms with Gasteiger partial charge in [-0.15, -0.1) is 0 Å². The van der Waals surface area contributed by atoms with Gasteiger partial charge in [-0.05, 0) is 19.1 Å². The molecule has 0 aliphatic carbocycles. The second kappa shape index (κ2) is 8.01. The molecule has 0 aromatic carbocycles. The second-order valence-corrected chi connectivity index (χ2v) is 8.09. The number of aromatic nitrogens is 5. The highest BCUT2D eigenvalue weighted by atomic mass is 16.3. The number of rotatable bonds is 5. The van der Waals surface area contributed by atoms with E-state index in [9.17, 15) is 9.59 Å². The van der Waals surface area contributed by atoms with Crippen molar-refractivity contribution in [3.8, 4) is 22.8 Å². The summed E-state index contributed by atoms with van der Waals surface area (Å²) in [6, 6.07) is 3.70. The fourth-order valence-electron chi connectivity index (χ4n) is 3.96. The molecule has 33 heavy (non-hydrogen) atoms. The molecule has 1 fully saturated rings. The Morgan fingerprint density at radius 2 is 2.12 bits per heavy atom. The fraction of sp³-hybridized carbons (Fsp3) is 0.273. The van der Waals surface area contributed by atoms with Crippen molar-refractivity contribution in [1.29, 1.82) is 0 Å². The Hall–Kier alpha value is -4.28. The van der Waals surface area contributed by atoms with E-state index in [2.05, 4.69) is 25.3 Å². The standard InChI is InChI=1S/C22H22N8O3/c1-12-8-25-15-4-3-14(11-30(12)15)17-18(22-24-5-6-33-22)28-20(23)19(27-17)21(32)26-9-13-7-16(31)29(2)10-13/h3-6,8,11,13H,7,9-10H2,1-2H3,(H2,23,28)(H,26,32). The lowest BCUT2D eigenvalue weighted by Gasteiger charge is -2.14. The number of nitrogen functional groups attached to an aromatic ring is 1. The van der Waals surface area contributed by atoms with Gasteiger partial charge >= 0.3 is 0 Å². The number of amides is 2.